The first-order valence-electron chi connectivity index (χ1n) is 8.26. The van der Waals surface area contributed by atoms with E-state index in [2.05, 4.69) is 50.5 Å². The Hall–Kier alpha value is -1.77. The van der Waals surface area contributed by atoms with Gasteiger partial charge in [0, 0.05) is 29.1 Å². The fraction of sp³-hybridized carbons (Fsp3) is 0.526. The van der Waals surface area contributed by atoms with Gasteiger partial charge < -0.3 is 10.3 Å². The van der Waals surface area contributed by atoms with Gasteiger partial charge in [0.15, 0.2) is 0 Å². The Morgan fingerprint density at radius 2 is 2.09 bits per heavy atom. The Bertz CT molecular complexity index is 734. The zero-order chi connectivity index (χ0) is 16.1. The van der Waals surface area contributed by atoms with Crippen molar-refractivity contribution in [3.8, 4) is 0 Å². The van der Waals surface area contributed by atoms with Gasteiger partial charge in [-0.05, 0) is 54.9 Å². The van der Waals surface area contributed by atoms with Crippen LogP contribution in [-0.4, -0.2) is 10.5 Å². The quantitative estimate of drug-likeness (QED) is 0.905. The van der Waals surface area contributed by atoms with Crippen LogP contribution in [-0.2, 0) is 29.6 Å². The highest BCUT2D eigenvalue weighted by molar-refractivity contribution is 5.88. The molecule has 1 heterocycles. The normalized spacial score (nSPS) is 18.5. The molecule has 0 spiro atoms. The predicted molar refractivity (Wildman–Crippen MR) is 91.0 cm³/mol. The van der Waals surface area contributed by atoms with Crippen molar-refractivity contribution < 1.29 is 4.79 Å². The summed E-state index contributed by atoms with van der Waals surface area (Å²) < 4.78 is 2.41. The van der Waals surface area contributed by atoms with Gasteiger partial charge in [0.2, 0.25) is 5.91 Å². The highest BCUT2D eigenvalue weighted by Crippen LogP contribution is 2.36. The molecular weight excluding hydrogens is 272 g/mol. The van der Waals surface area contributed by atoms with Crippen LogP contribution in [0.5, 0.6) is 0 Å². The average Bonchev–Trinajstić information content (AvgIpc) is 2.78. The first-order chi connectivity index (χ1) is 10.3. The molecule has 1 amide bonds. The van der Waals surface area contributed by atoms with Gasteiger partial charge >= 0.3 is 0 Å². The highest BCUT2D eigenvalue weighted by Gasteiger charge is 2.28. The molecule has 3 heteroatoms. The molecular formula is C19H26N2O. The maximum absolute atomic E-state index is 11.6. The van der Waals surface area contributed by atoms with Crippen LogP contribution in [0.15, 0.2) is 18.2 Å². The smallest absolute Gasteiger partial charge is 0.220 e. The fourth-order valence-electron chi connectivity index (χ4n) is 3.72. The Morgan fingerprint density at radius 3 is 2.68 bits per heavy atom. The first kappa shape index (κ1) is 15.1. The van der Waals surface area contributed by atoms with Crippen LogP contribution >= 0.6 is 0 Å². The van der Waals surface area contributed by atoms with Gasteiger partial charge in [-0.15, -0.1) is 0 Å². The predicted octanol–water partition coefficient (Wildman–Crippen LogP) is 3.55. The second-order valence-electron chi connectivity index (χ2n) is 7.49. The minimum Gasteiger partial charge on any atom is -0.369 e. The van der Waals surface area contributed by atoms with Gasteiger partial charge in [0.25, 0.3) is 0 Å². The Kier molecular flexibility index (Phi) is 3.54. The van der Waals surface area contributed by atoms with Gasteiger partial charge in [-0.25, -0.2) is 0 Å². The summed E-state index contributed by atoms with van der Waals surface area (Å²) >= 11 is 0. The summed E-state index contributed by atoms with van der Waals surface area (Å²) in [4.78, 5) is 11.6. The minimum atomic E-state index is -0.157. The van der Waals surface area contributed by atoms with E-state index in [1.807, 2.05) is 0 Å². The van der Waals surface area contributed by atoms with Gasteiger partial charge in [-0.3, -0.25) is 4.79 Å². The van der Waals surface area contributed by atoms with Crippen LogP contribution in [0.1, 0.15) is 50.9 Å². The lowest BCUT2D eigenvalue weighted by atomic mass is 9.83. The van der Waals surface area contributed by atoms with E-state index in [4.69, 9.17) is 5.73 Å². The van der Waals surface area contributed by atoms with E-state index >= 15 is 0 Å². The van der Waals surface area contributed by atoms with Crippen LogP contribution in [0.3, 0.4) is 0 Å². The number of nitrogens with zero attached hydrogens (tertiary/aromatic N) is 1. The van der Waals surface area contributed by atoms with Crippen LogP contribution in [0.4, 0.5) is 0 Å². The first-order valence-corrected chi connectivity index (χ1v) is 8.26. The number of aryl methyl sites for hydroxylation is 1. The van der Waals surface area contributed by atoms with Gasteiger partial charge in [0.05, 0.1) is 0 Å². The largest absolute Gasteiger partial charge is 0.369 e. The Morgan fingerprint density at radius 1 is 1.36 bits per heavy atom. The molecule has 0 saturated carbocycles. The van der Waals surface area contributed by atoms with Crippen molar-refractivity contribution >= 4 is 16.8 Å². The summed E-state index contributed by atoms with van der Waals surface area (Å²) in [5.74, 6) is -0.170. The van der Waals surface area contributed by atoms with Crippen LogP contribution in [0.25, 0.3) is 10.9 Å². The number of carbonyl (C=O) groups is 1. The topological polar surface area (TPSA) is 48.0 Å². The highest BCUT2D eigenvalue weighted by atomic mass is 16.1. The number of aromatic nitrogens is 1. The van der Waals surface area contributed by atoms with Gasteiger partial charge in [0.1, 0.15) is 0 Å². The van der Waals surface area contributed by atoms with Crippen molar-refractivity contribution in [3.63, 3.8) is 0 Å². The fourth-order valence-corrected chi connectivity index (χ4v) is 3.72. The molecule has 1 unspecified atom stereocenters. The number of hydrogen-bond acceptors (Lipinski definition) is 1. The lowest BCUT2D eigenvalue weighted by Crippen LogP contribution is -2.29. The summed E-state index contributed by atoms with van der Waals surface area (Å²) in [5.41, 5.74) is 11.1. The van der Waals surface area contributed by atoms with E-state index in [-0.39, 0.29) is 17.2 Å². The molecule has 3 nitrogen and oxygen atoms in total. The van der Waals surface area contributed by atoms with Crippen molar-refractivity contribution in [2.24, 2.45) is 11.7 Å². The molecule has 1 aliphatic rings. The Balaban J connectivity index is 2.21. The number of hydrogen-bond donors (Lipinski definition) is 1. The zero-order valence-corrected chi connectivity index (χ0v) is 14.1. The molecule has 2 N–H and O–H groups in total. The van der Waals surface area contributed by atoms with Crippen LogP contribution in [0, 0.1) is 5.92 Å². The monoisotopic (exact) mass is 298 g/mol. The van der Waals surface area contributed by atoms with Gasteiger partial charge in [-0.1, -0.05) is 26.8 Å². The molecule has 3 rings (SSSR count). The Labute approximate surface area is 132 Å². The van der Waals surface area contributed by atoms with Crippen molar-refractivity contribution in [1.29, 1.82) is 0 Å². The third kappa shape index (κ3) is 2.33. The molecule has 118 valence electrons. The lowest BCUT2D eigenvalue weighted by molar-refractivity contribution is -0.122. The molecule has 0 fully saturated rings. The number of nitrogens with two attached hydrogens (primary N) is 1. The molecule has 1 aliphatic carbocycles. The summed E-state index contributed by atoms with van der Waals surface area (Å²) in [6.07, 6.45) is 2.63. The summed E-state index contributed by atoms with van der Waals surface area (Å²) in [5, 5.41) is 1.32. The van der Waals surface area contributed by atoms with Crippen molar-refractivity contribution in [2.45, 2.75) is 58.9 Å². The summed E-state index contributed by atoms with van der Waals surface area (Å²) in [6.45, 7) is 9.89. The number of benzene rings is 1. The van der Waals surface area contributed by atoms with E-state index in [1.165, 1.54) is 27.7 Å². The maximum Gasteiger partial charge on any atom is 0.220 e. The van der Waals surface area contributed by atoms with Gasteiger partial charge in [-0.2, -0.15) is 0 Å². The second kappa shape index (κ2) is 5.15. The van der Waals surface area contributed by atoms with E-state index < -0.39 is 0 Å². The van der Waals surface area contributed by atoms with E-state index in [0.717, 1.165) is 25.8 Å². The second-order valence-corrected chi connectivity index (χ2v) is 7.49. The molecule has 0 saturated heterocycles. The average molecular weight is 298 g/mol. The van der Waals surface area contributed by atoms with Crippen LogP contribution in [0.2, 0.25) is 0 Å². The molecule has 1 aromatic carbocycles. The SMILES string of the molecule is CCn1c2c(c3cc(C(C)(C)C)ccc31)CC(C(N)=O)CC2. The van der Waals surface area contributed by atoms with E-state index in [1.54, 1.807) is 0 Å². The molecule has 0 aliphatic heterocycles. The molecule has 2 aromatic rings. The summed E-state index contributed by atoms with van der Waals surface area (Å²) in [6, 6.07) is 6.81. The number of fused-ring (bicyclic) bond motifs is 3. The molecule has 1 aromatic heterocycles. The number of amides is 1. The van der Waals surface area contributed by atoms with Crippen molar-refractivity contribution in [1.82, 2.24) is 4.57 Å². The molecule has 0 bridgehead atoms. The third-order valence-electron chi connectivity index (χ3n) is 5.05. The van der Waals surface area contributed by atoms with Crippen LogP contribution < -0.4 is 5.73 Å². The summed E-state index contributed by atoms with van der Waals surface area (Å²) in [7, 11) is 0. The van der Waals surface area contributed by atoms with Crippen molar-refractivity contribution in [2.75, 3.05) is 0 Å². The minimum absolute atomic E-state index is 0.0123. The maximum atomic E-state index is 11.6. The molecule has 0 radical (unpaired) electrons. The number of carbonyl (C=O) groups excluding carboxylic acids is 1. The lowest BCUT2D eigenvalue weighted by Gasteiger charge is -2.21. The van der Waals surface area contributed by atoms with E-state index in [0.29, 0.717) is 0 Å². The standard InChI is InChI=1S/C19H26N2O/c1-5-21-16-8-6-12(18(20)22)10-14(16)15-11-13(19(2,3)4)7-9-17(15)21/h7,9,11-12H,5-6,8,10H2,1-4H3,(H2,20,22). The molecule has 22 heavy (non-hydrogen) atoms. The molecule has 1 atom stereocenters. The van der Waals surface area contributed by atoms with Crippen molar-refractivity contribution in [3.05, 3.63) is 35.0 Å². The third-order valence-corrected chi connectivity index (χ3v) is 5.05. The number of rotatable bonds is 2. The van der Waals surface area contributed by atoms with E-state index in [9.17, 15) is 4.79 Å². The number of primary amides is 1. The zero-order valence-electron chi connectivity index (χ0n) is 14.1.